The highest BCUT2D eigenvalue weighted by Crippen LogP contribution is 2.30. The summed E-state index contributed by atoms with van der Waals surface area (Å²) in [5.41, 5.74) is 0.721. The average molecular weight is 447 g/mol. The van der Waals surface area contributed by atoms with E-state index in [0.717, 1.165) is 44.1 Å². The van der Waals surface area contributed by atoms with Gasteiger partial charge in [0.2, 0.25) is 0 Å². The van der Waals surface area contributed by atoms with Gasteiger partial charge in [-0.25, -0.2) is 9.78 Å². The lowest BCUT2D eigenvalue weighted by Gasteiger charge is -2.43. The summed E-state index contributed by atoms with van der Waals surface area (Å²) in [7, 11) is 0. The quantitative estimate of drug-likeness (QED) is 0.695. The molecular weight excluding hydrogens is 420 g/mol. The lowest BCUT2D eigenvalue weighted by molar-refractivity contribution is 0.0595. The SMILES string of the molecule is O=C(c1ccccc1)N1CCC(N(C(=O)Nc2ncc(Cl)s2)C2CCCCC2)CC1. The van der Waals surface area contributed by atoms with Crippen LogP contribution < -0.4 is 5.32 Å². The van der Waals surface area contributed by atoms with Gasteiger partial charge in [0.05, 0.1) is 6.20 Å². The van der Waals surface area contributed by atoms with Crippen LogP contribution in [0.1, 0.15) is 55.3 Å². The number of halogens is 1. The van der Waals surface area contributed by atoms with Crippen molar-refractivity contribution in [1.29, 1.82) is 0 Å². The molecule has 0 unspecified atom stereocenters. The molecule has 1 aliphatic heterocycles. The van der Waals surface area contributed by atoms with Crippen LogP contribution >= 0.6 is 22.9 Å². The van der Waals surface area contributed by atoms with E-state index in [-0.39, 0.29) is 24.0 Å². The molecule has 0 radical (unpaired) electrons. The number of hydrogen-bond donors (Lipinski definition) is 1. The zero-order valence-corrected chi connectivity index (χ0v) is 18.5. The maximum absolute atomic E-state index is 13.2. The Kier molecular flexibility index (Phi) is 6.89. The first-order valence-electron chi connectivity index (χ1n) is 10.7. The molecule has 1 aromatic carbocycles. The van der Waals surface area contributed by atoms with Gasteiger partial charge in [0, 0.05) is 30.7 Å². The van der Waals surface area contributed by atoms with Crippen LogP contribution in [-0.2, 0) is 0 Å². The summed E-state index contributed by atoms with van der Waals surface area (Å²) < 4.78 is 0.558. The number of nitrogens with zero attached hydrogens (tertiary/aromatic N) is 3. The summed E-state index contributed by atoms with van der Waals surface area (Å²) in [6.07, 6.45) is 8.76. The van der Waals surface area contributed by atoms with E-state index in [9.17, 15) is 9.59 Å². The van der Waals surface area contributed by atoms with Crippen molar-refractivity contribution in [2.24, 2.45) is 0 Å². The molecule has 3 amide bonds. The fraction of sp³-hybridized carbons (Fsp3) is 0.500. The molecule has 1 saturated heterocycles. The Hall–Kier alpha value is -2.12. The number of aromatic nitrogens is 1. The van der Waals surface area contributed by atoms with Gasteiger partial charge in [-0.2, -0.15) is 0 Å². The first kappa shape index (κ1) is 21.1. The number of likely N-dealkylation sites (tertiary alicyclic amines) is 1. The average Bonchev–Trinajstić information content (AvgIpc) is 3.19. The topological polar surface area (TPSA) is 65.5 Å². The Bertz CT molecular complexity index is 861. The third-order valence-electron chi connectivity index (χ3n) is 6.06. The molecule has 2 aliphatic rings. The van der Waals surface area contributed by atoms with E-state index < -0.39 is 0 Å². The molecule has 6 nitrogen and oxygen atoms in total. The van der Waals surface area contributed by atoms with Gasteiger partial charge in [-0.05, 0) is 37.8 Å². The zero-order valence-electron chi connectivity index (χ0n) is 16.9. The lowest BCUT2D eigenvalue weighted by atomic mass is 9.91. The van der Waals surface area contributed by atoms with Gasteiger partial charge in [0.1, 0.15) is 4.34 Å². The van der Waals surface area contributed by atoms with Crippen LogP contribution in [0.15, 0.2) is 36.5 Å². The van der Waals surface area contributed by atoms with E-state index in [0.29, 0.717) is 22.6 Å². The summed E-state index contributed by atoms with van der Waals surface area (Å²) in [6, 6.07) is 9.68. The summed E-state index contributed by atoms with van der Waals surface area (Å²) in [5.74, 6) is 0.0696. The Morgan fingerprint density at radius 1 is 1.03 bits per heavy atom. The number of urea groups is 1. The van der Waals surface area contributed by atoms with Crippen LogP contribution in [0.4, 0.5) is 9.93 Å². The molecule has 2 fully saturated rings. The number of carbonyl (C=O) groups is 2. The van der Waals surface area contributed by atoms with Gasteiger partial charge in [-0.3, -0.25) is 10.1 Å². The fourth-order valence-corrected chi connectivity index (χ4v) is 5.37. The Morgan fingerprint density at radius 2 is 1.70 bits per heavy atom. The zero-order chi connectivity index (χ0) is 20.9. The highest BCUT2D eigenvalue weighted by Gasteiger charge is 2.35. The van der Waals surface area contributed by atoms with Crippen molar-refractivity contribution in [2.45, 2.75) is 57.0 Å². The molecule has 160 valence electrons. The summed E-state index contributed by atoms with van der Waals surface area (Å²) >= 11 is 7.24. The van der Waals surface area contributed by atoms with Gasteiger partial charge in [-0.1, -0.05) is 60.4 Å². The van der Waals surface area contributed by atoms with E-state index in [1.807, 2.05) is 40.1 Å². The fourth-order valence-electron chi connectivity index (χ4n) is 4.57. The number of piperidine rings is 1. The largest absolute Gasteiger partial charge is 0.338 e. The minimum absolute atomic E-state index is 0.0696. The van der Waals surface area contributed by atoms with Crippen LogP contribution in [0.5, 0.6) is 0 Å². The van der Waals surface area contributed by atoms with Gasteiger partial charge in [0.15, 0.2) is 5.13 Å². The van der Waals surface area contributed by atoms with Crippen LogP contribution in [0.2, 0.25) is 4.34 Å². The molecule has 4 rings (SSSR count). The second-order valence-corrected chi connectivity index (χ2v) is 9.65. The third-order valence-corrected chi connectivity index (χ3v) is 7.09. The van der Waals surface area contributed by atoms with E-state index in [1.165, 1.54) is 17.8 Å². The second kappa shape index (κ2) is 9.79. The Morgan fingerprint density at radius 3 is 2.33 bits per heavy atom. The van der Waals surface area contributed by atoms with Crippen molar-refractivity contribution in [3.63, 3.8) is 0 Å². The van der Waals surface area contributed by atoms with E-state index >= 15 is 0 Å². The van der Waals surface area contributed by atoms with Crippen molar-refractivity contribution in [3.05, 3.63) is 46.4 Å². The van der Waals surface area contributed by atoms with Gasteiger partial charge in [0.25, 0.3) is 5.91 Å². The van der Waals surface area contributed by atoms with Crippen LogP contribution in [0.3, 0.4) is 0 Å². The predicted octanol–water partition coefficient (Wildman–Crippen LogP) is 5.27. The van der Waals surface area contributed by atoms with Crippen molar-refractivity contribution < 1.29 is 9.59 Å². The highest BCUT2D eigenvalue weighted by molar-refractivity contribution is 7.19. The molecule has 8 heteroatoms. The van der Waals surface area contributed by atoms with Crippen LogP contribution in [0, 0.1) is 0 Å². The standard InChI is InChI=1S/C22H27ClN4O2S/c23-19-15-24-21(30-19)25-22(29)27(17-9-5-2-6-10-17)18-11-13-26(14-12-18)20(28)16-7-3-1-4-8-16/h1,3-4,7-8,15,17-18H,2,5-6,9-14H2,(H,24,25,29). The minimum atomic E-state index is -0.0965. The number of carbonyl (C=O) groups excluding carboxylic acids is 2. The molecular formula is C22H27ClN4O2S. The van der Waals surface area contributed by atoms with Crippen LogP contribution in [-0.4, -0.2) is 51.9 Å². The lowest BCUT2D eigenvalue weighted by Crippen LogP contribution is -2.54. The number of rotatable bonds is 4. The van der Waals surface area contributed by atoms with Gasteiger partial charge >= 0.3 is 6.03 Å². The molecule has 0 atom stereocenters. The number of thiazole rings is 1. The first-order chi connectivity index (χ1) is 14.6. The Labute approximate surface area is 186 Å². The van der Waals surface area contributed by atoms with Crippen LogP contribution in [0.25, 0.3) is 0 Å². The molecule has 2 heterocycles. The smallest absolute Gasteiger partial charge is 0.324 e. The third kappa shape index (κ3) is 4.95. The molecule has 0 bridgehead atoms. The molecule has 0 spiro atoms. The molecule has 30 heavy (non-hydrogen) atoms. The summed E-state index contributed by atoms with van der Waals surface area (Å²) in [5, 5.41) is 3.48. The van der Waals surface area contributed by atoms with E-state index in [2.05, 4.69) is 10.3 Å². The first-order valence-corrected chi connectivity index (χ1v) is 11.9. The van der Waals surface area contributed by atoms with Crippen molar-refractivity contribution in [2.75, 3.05) is 18.4 Å². The van der Waals surface area contributed by atoms with Crippen molar-refractivity contribution in [1.82, 2.24) is 14.8 Å². The molecule has 1 N–H and O–H groups in total. The monoisotopic (exact) mass is 446 g/mol. The number of benzene rings is 1. The summed E-state index contributed by atoms with van der Waals surface area (Å²) in [6.45, 7) is 1.33. The molecule has 1 aliphatic carbocycles. The number of hydrogen-bond acceptors (Lipinski definition) is 4. The maximum atomic E-state index is 13.2. The second-order valence-electron chi connectivity index (χ2n) is 7.99. The number of nitrogens with one attached hydrogen (secondary N) is 1. The highest BCUT2D eigenvalue weighted by atomic mass is 35.5. The minimum Gasteiger partial charge on any atom is -0.338 e. The van der Waals surface area contributed by atoms with Gasteiger partial charge in [-0.15, -0.1) is 0 Å². The maximum Gasteiger partial charge on any atom is 0.324 e. The molecule has 2 aromatic rings. The molecule has 1 saturated carbocycles. The van der Waals surface area contributed by atoms with E-state index in [4.69, 9.17) is 11.6 Å². The van der Waals surface area contributed by atoms with E-state index in [1.54, 1.807) is 6.20 Å². The van der Waals surface area contributed by atoms with Gasteiger partial charge < -0.3 is 9.80 Å². The van der Waals surface area contributed by atoms with Crippen molar-refractivity contribution >= 4 is 40.0 Å². The number of amides is 3. The predicted molar refractivity (Wildman–Crippen MR) is 120 cm³/mol. The Balaban J connectivity index is 1.43. The normalized spacial score (nSPS) is 18.2. The molecule has 1 aromatic heterocycles. The number of anilines is 1. The van der Waals surface area contributed by atoms with Crippen molar-refractivity contribution in [3.8, 4) is 0 Å². The summed E-state index contributed by atoms with van der Waals surface area (Å²) in [4.78, 5) is 34.1.